The minimum Gasteiger partial charge on any atom is -0.379 e. The fraction of sp³-hybridized carbons (Fsp3) is 0.174. The summed E-state index contributed by atoms with van der Waals surface area (Å²) in [6, 6.07) is 16.3. The van der Waals surface area contributed by atoms with Crippen molar-refractivity contribution < 1.29 is 17.4 Å². The number of carbonyl (C=O) groups is 1. The van der Waals surface area contributed by atoms with Crippen LogP contribution in [0.1, 0.15) is 27.0 Å². The Morgan fingerprint density at radius 2 is 1.84 bits per heavy atom. The van der Waals surface area contributed by atoms with Crippen LogP contribution in [0.5, 0.6) is 5.75 Å². The molecule has 0 saturated heterocycles. The standard InChI is InChI=1S/C23H22N4O4S/c1-16-5-6-17(2)21(14-16)32(29,30)31-20-9-7-18(8-10-20)23(28)27-13-12-26-22-19(15-24)4-3-11-25-22/h3-11,14H,12-13H2,1-2H3,(H,25,26)(H,27,28). The Hall–Kier alpha value is -3.90. The summed E-state index contributed by atoms with van der Waals surface area (Å²) in [6.07, 6.45) is 1.58. The summed E-state index contributed by atoms with van der Waals surface area (Å²) in [4.78, 5) is 16.5. The van der Waals surface area contributed by atoms with Gasteiger partial charge in [-0.15, -0.1) is 0 Å². The van der Waals surface area contributed by atoms with Gasteiger partial charge in [-0.25, -0.2) is 4.98 Å². The molecule has 3 aromatic rings. The SMILES string of the molecule is Cc1ccc(C)c(S(=O)(=O)Oc2ccc(C(=O)NCCNc3ncccc3C#N)cc2)c1. The van der Waals surface area contributed by atoms with Gasteiger partial charge in [0, 0.05) is 24.8 Å². The van der Waals surface area contributed by atoms with Gasteiger partial charge in [0.1, 0.15) is 22.5 Å². The number of nitrogens with one attached hydrogen (secondary N) is 2. The van der Waals surface area contributed by atoms with Crippen molar-refractivity contribution in [1.29, 1.82) is 5.26 Å². The lowest BCUT2D eigenvalue weighted by Gasteiger charge is -2.11. The monoisotopic (exact) mass is 450 g/mol. The third kappa shape index (κ3) is 5.62. The minimum atomic E-state index is -3.99. The normalized spacial score (nSPS) is 10.8. The number of hydrogen-bond donors (Lipinski definition) is 2. The van der Waals surface area contributed by atoms with Gasteiger partial charge >= 0.3 is 10.1 Å². The van der Waals surface area contributed by atoms with Crippen LogP contribution in [0.2, 0.25) is 0 Å². The molecule has 0 radical (unpaired) electrons. The van der Waals surface area contributed by atoms with Crippen LogP contribution in [-0.2, 0) is 10.1 Å². The van der Waals surface area contributed by atoms with Crippen LogP contribution >= 0.6 is 0 Å². The van der Waals surface area contributed by atoms with Gasteiger partial charge in [-0.2, -0.15) is 13.7 Å². The largest absolute Gasteiger partial charge is 0.379 e. The van der Waals surface area contributed by atoms with Gasteiger partial charge in [0.05, 0.1) is 5.56 Å². The summed E-state index contributed by atoms with van der Waals surface area (Å²) >= 11 is 0. The van der Waals surface area contributed by atoms with E-state index in [1.165, 1.54) is 24.3 Å². The third-order valence-electron chi connectivity index (χ3n) is 4.57. The molecule has 0 fully saturated rings. The molecule has 164 valence electrons. The van der Waals surface area contributed by atoms with Crippen LogP contribution in [0, 0.1) is 25.2 Å². The van der Waals surface area contributed by atoms with Crippen molar-refractivity contribution in [2.24, 2.45) is 0 Å². The molecule has 0 aliphatic rings. The predicted octanol–water partition coefficient (Wildman–Crippen LogP) is 3.18. The van der Waals surface area contributed by atoms with Crippen LogP contribution in [0.25, 0.3) is 0 Å². The molecule has 3 rings (SSSR count). The van der Waals surface area contributed by atoms with Gasteiger partial charge in [-0.05, 0) is 67.4 Å². The number of carbonyl (C=O) groups excluding carboxylic acids is 1. The quantitative estimate of drug-likeness (QED) is 0.399. The van der Waals surface area contributed by atoms with Crippen molar-refractivity contribution in [3.8, 4) is 11.8 Å². The number of aromatic nitrogens is 1. The number of pyridine rings is 1. The number of amides is 1. The van der Waals surface area contributed by atoms with Crippen LogP contribution in [-0.4, -0.2) is 32.4 Å². The fourth-order valence-electron chi connectivity index (χ4n) is 2.91. The maximum Gasteiger partial charge on any atom is 0.339 e. The van der Waals surface area contributed by atoms with E-state index >= 15 is 0 Å². The van der Waals surface area contributed by atoms with E-state index in [4.69, 9.17) is 9.44 Å². The van der Waals surface area contributed by atoms with E-state index in [0.29, 0.717) is 35.6 Å². The first-order chi connectivity index (χ1) is 15.3. The van der Waals surface area contributed by atoms with Crippen LogP contribution in [0.4, 0.5) is 5.82 Å². The zero-order valence-electron chi connectivity index (χ0n) is 17.6. The Labute approximate surface area is 187 Å². The molecule has 0 aliphatic heterocycles. The molecule has 0 bridgehead atoms. The summed E-state index contributed by atoms with van der Waals surface area (Å²) < 4.78 is 30.4. The Kier molecular flexibility index (Phi) is 7.07. The Balaban J connectivity index is 1.56. The number of nitriles is 1. The molecule has 8 nitrogen and oxygen atoms in total. The maximum absolute atomic E-state index is 12.6. The number of nitrogens with zero attached hydrogens (tertiary/aromatic N) is 2. The van der Waals surface area contributed by atoms with E-state index in [1.807, 2.05) is 12.1 Å². The number of benzene rings is 2. The zero-order chi connectivity index (χ0) is 23.1. The second-order valence-electron chi connectivity index (χ2n) is 7.02. The van der Waals surface area contributed by atoms with Crippen LogP contribution in [0.3, 0.4) is 0 Å². The number of rotatable bonds is 8. The summed E-state index contributed by atoms with van der Waals surface area (Å²) in [7, 11) is -3.99. The summed E-state index contributed by atoms with van der Waals surface area (Å²) in [5.74, 6) is 0.247. The topological polar surface area (TPSA) is 121 Å². The van der Waals surface area contributed by atoms with Gasteiger partial charge in [0.2, 0.25) is 0 Å². The Morgan fingerprint density at radius 3 is 2.56 bits per heavy atom. The van der Waals surface area contributed by atoms with Crippen molar-refractivity contribution in [3.63, 3.8) is 0 Å². The van der Waals surface area contributed by atoms with Gasteiger partial charge < -0.3 is 14.8 Å². The molecule has 9 heteroatoms. The van der Waals surface area contributed by atoms with E-state index < -0.39 is 10.1 Å². The summed E-state index contributed by atoms with van der Waals surface area (Å²) in [6.45, 7) is 4.19. The highest BCUT2D eigenvalue weighted by molar-refractivity contribution is 7.87. The van der Waals surface area contributed by atoms with E-state index in [1.54, 1.807) is 44.3 Å². The molecule has 0 unspecified atom stereocenters. The number of hydrogen-bond acceptors (Lipinski definition) is 7. The average molecular weight is 451 g/mol. The maximum atomic E-state index is 12.6. The lowest BCUT2D eigenvalue weighted by molar-refractivity contribution is 0.0955. The second kappa shape index (κ2) is 9.94. The molecule has 32 heavy (non-hydrogen) atoms. The highest BCUT2D eigenvalue weighted by Gasteiger charge is 2.19. The van der Waals surface area contributed by atoms with Gasteiger partial charge in [0.25, 0.3) is 5.91 Å². The fourth-order valence-corrected chi connectivity index (χ4v) is 4.15. The first-order valence-corrected chi connectivity index (χ1v) is 11.2. The lowest BCUT2D eigenvalue weighted by Crippen LogP contribution is -2.29. The first kappa shape index (κ1) is 22.8. The van der Waals surface area contributed by atoms with Crippen molar-refractivity contribution in [1.82, 2.24) is 10.3 Å². The Morgan fingerprint density at radius 1 is 1.09 bits per heavy atom. The van der Waals surface area contributed by atoms with Gasteiger partial charge in [-0.1, -0.05) is 12.1 Å². The predicted molar refractivity (Wildman–Crippen MR) is 120 cm³/mol. The molecule has 2 aromatic carbocycles. The van der Waals surface area contributed by atoms with Crippen molar-refractivity contribution >= 4 is 21.8 Å². The number of anilines is 1. The lowest BCUT2D eigenvalue weighted by atomic mass is 10.2. The van der Waals surface area contributed by atoms with E-state index in [9.17, 15) is 13.2 Å². The highest BCUT2D eigenvalue weighted by Crippen LogP contribution is 2.22. The molecule has 0 spiro atoms. The molecule has 1 heterocycles. The van der Waals surface area contributed by atoms with Gasteiger partial charge in [0.15, 0.2) is 0 Å². The van der Waals surface area contributed by atoms with Crippen molar-refractivity contribution in [2.45, 2.75) is 18.7 Å². The third-order valence-corrected chi connectivity index (χ3v) is 5.96. The smallest absolute Gasteiger partial charge is 0.339 e. The second-order valence-corrected chi connectivity index (χ2v) is 8.54. The molecular formula is C23H22N4O4S. The van der Waals surface area contributed by atoms with E-state index in [0.717, 1.165) is 5.56 Å². The summed E-state index contributed by atoms with van der Waals surface area (Å²) in [5.41, 5.74) is 2.18. The van der Waals surface area contributed by atoms with Crippen molar-refractivity contribution in [2.75, 3.05) is 18.4 Å². The van der Waals surface area contributed by atoms with Crippen LogP contribution < -0.4 is 14.8 Å². The molecule has 0 saturated carbocycles. The molecule has 1 aromatic heterocycles. The molecule has 0 atom stereocenters. The molecule has 1 amide bonds. The molecule has 2 N–H and O–H groups in total. The highest BCUT2D eigenvalue weighted by atomic mass is 32.2. The van der Waals surface area contributed by atoms with Crippen LogP contribution in [0.15, 0.2) is 65.7 Å². The molecular weight excluding hydrogens is 428 g/mol. The average Bonchev–Trinajstić information content (AvgIpc) is 2.78. The van der Waals surface area contributed by atoms with E-state index in [2.05, 4.69) is 15.6 Å². The van der Waals surface area contributed by atoms with Crippen molar-refractivity contribution in [3.05, 3.63) is 83.0 Å². The zero-order valence-corrected chi connectivity index (χ0v) is 18.4. The number of aryl methyl sites for hydroxylation is 2. The summed E-state index contributed by atoms with van der Waals surface area (Å²) in [5, 5.41) is 14.8. The first-order valence-electron chi connectivity index (χ1n) is 9.79. The van der Waals surface area contributed by atoms with Gasteiger partial charge in [-0.3, -0.25) is 4.79 Å². The minimum absolute atomic E-state index is 0.110. The van der Waals surface area contributed by atoms with E-state index in [-0.39, 0.29) is 16.6 Å². The molecule has 0 aliphatic carbocycles. The Bertz CT molecular complexity index is 1270.